The Balaban J connectivity index is 2.00. The highest BCUT2D eigenvalue weighted by Gasteiger charge is 2.35. The first-order chi connectivity index (χ1) is 17.4. The smallest absolute Gasteiger partial charge is 0.418 e. The van der Waals surface area contributed by atoms with E-state index in [4.69, 9.17) is 15.9 Å². The third kappa shape index (κ3) is 4.65. The van der Waals surface area contributed by atoms with Gasteiger partial charge in [-0.15, -0.1) is 0 Å². The molecule has 3 aromatic heterocycles. The third-order valence-corrected chi connectivity index (χ3v) is 5.65. The minimum Gasteiger partial charge on any atom is -0.438 e. The predicted molar refractivity (Wildman–Crippen MR) is 127 cm³/mol. The van der Waals surface area contributed by atoms with Crippen LogP contribution in [0.2, 0.25) is 0 Å². The van der Waals surface area contributed by atoms with Gasteiger partial charge in [-0.1, -0.05) is 0 Å². The van der Waals surface area contributed by atoms with Crippen LogP contribution in [-0.4, -0.2) is 21.2 Å². The van der Waals surface area contributed by atoms with Gasteiger partial charge < -0.3 is 20.9 Å². The van der Waals surface area contributed by atoms with Crippen LogP contribution >= 0.6 is 0 Å². The number of pyridine rings is 3. The van der Waals surface area contributed by atoms with E-state index in [1.165, 1.54) is 32.2 Å². The molecular weight excluding hydrogens is 497 g/mol. The van der Waals surface area contributed by atoms with E-state index >= 15 is 0 Å². The van der Waals surface area contributed by atoms with Crippen LogP contribution in [0.3, 0.4) is 0 Å². The molecule has 0 aliphatic heterocycles. The number of halogens is 5. The van der Waals surface area contributed by atoms with Crippen LogP contribution in [-0.2, 0) is 6.18 Å². The molecule has 4 rings (SSSR count). The molecule has 0 saturated carbocycles. The second-order valence-corrected chi connectivity index (χ2v) is 7.98. The number of H-pyrrole nitrogens is 1. The second-order valence-electron chi connectivity index (χ2n) is 7.98. The van der Waals surface area contributed by atoms with Gasteiger partial charge in [0, 0.05) is 30.2 Å². The normalized spacial score (nSPS) is 12.1. The molecule has 0 aliphatic carbocycles. The van der Waals surface area contributed by atoms with Gasteiger partial charge in [0.25, 0.3) is 0 Å². The average Bonchev–Trinajstić information content (AvgIpc) is 2.83. The summed E-state index contributed by atoms with van der Waals surface area (Å²) in [6.45, 7) is 2.42. The number of nitrogens with one attached hydrogen (secondary N) is 2. The molecule has 0 atom stereocenters. The molecule has 0 bridgehead atoms. The maximum absolute atomic E-state index is 14.1. The summed E-state index contributed by atoms with van der Waals surface area (Å²) in [5.74, 6) is -2.85. The van der Waals surface area contributed by atoms with E-state index in [2.05, 4.69) is 15.0 Å². The Morgan fingerprint density at radius 1 is 1.14 bits per heavy atom. The van der Waals surface area contributed by atoms with Crippen LogP contribution in [0.4, 0.5) is 22.0 Å². The number of hydrogen-bond acceptors (Lipinski definition) is 6. The van der Waals surface area contributed by atoms with Crippen molar-refractivity contribution in [1.29, 1.82) is 5.41 Å². The van der Waals surface area contributed by atoms with Crippen molar-refractivity contribution < 1.29 is 26.7 Å². The van der Waals surface area contributed by atoms with Gasteiger partial charge in [-0.25, -0.2) is 13.8 Å². The van der Waals surface area contributed by atoms with Crippen LogP contribution < -0.4 is 15.9 Å². The highest BCUT2D eigenvalue weighted by atomic mass is 19.4. The quantitative estimate of drug-likeness (QED) is 0.235. The van der Waals surface area contributed by atoms with Gasteiger partial charge in [-0.2, -0.15) is 13.2 Å². The Hall–Kier alpha value is -4.61. The molecule has 1 aromatic carbocycles. The first kappa shape index (κ1) is 25.5. The number of nitrogens with zero attached hydrogens (tertiary/aromatic N) is 2. The summed E-state index contributed by atoms with van der Waals surface area (Å²) in [5.41, 5.74) is 3.71. The fourth-order valence-electron chi connectivity index (χ4n) is 3.83. The molecule has 4 N–H and O–H groups in total. The van der Waals surface area contributed by atoms with Gasteiger partial charge in [-0.3, -0.25) is 9.78 Å². The molecule has 0 radical (unpaired) electrons. The first-order valence-corrected chi connectivity index (χ1v) is 10.6. The van der Waals surface area contributed by atoms with Crippen molar-refractivity contribution in [2.75, 3.05) is 0 Å². The number of aromatic amines is 1. The van der Waals surface area contributed by atoms with Gasteiger partial charge in [0.05, 0.1) is 39.1 Å². The summed E-state index contributed by atoms with van der Waals surface area (Å²) in [4.78, 5) is 23.9. The van der Waals surface area contributed by atoms with E-state index in [-0.39, 0.29) is 56.3 Å². The summed E-state index contributed by atoms with van der Waals surface area (Å²) < 4.78 is 74.5. The van der Waals surface area contributed by atoms with E-state index in [9.17, 15) is 26.7 Å². The lowest BCUT2D eigenvalue weighted by Gasteiger charge is -2.18. The summed E-state index contributed by atoms with van der Waals surface area (Å²) in [7, 11) is 0. The number of ether oxygens (including phenoxy) is 1. The highest BCUT2D eigenvalue weighted by molar-refractivity contribution is 5.93. The average molecular weight is 515 g/mol. The lowest BCUT2D eigenvalue weighted by Crippen LogP contribution is -2.13. The molecule has 7 nitrogen and oxygen atoms in total. The molecule has 37 heavy (non-hydrogen) atoms. The van der Waals surface area contributed by atoms with Crippen molar-refractivity contribution in [2.45, 2.75) is 20.0 Å². The first-order valence-electron chi connectivity index (χ1n) is 10.6. The van der Waals surface area contributed by atoms with E-state index in [0.717, 1.165) is 24.4 Å². The maximum Gasteiger partial charge on any atom is 0.418 e. The van der Waals surface area contributed by atoms with Crippen LogP contribution in [0.25, 0.3) is 27.9 Å². The molecular formula is C25H18F5N5O2. The van der Waals surface area contributed by atoms with Crippen molar-refractivity contribution in [3.8, 4) is 22.9 Å². The number of benzene rings is 1. The maximum atomic E-state index is 14.1. The number of hydrogen-bond donors (Lipinski definition) is 3. The molecule has 0 aliphatic rings. The van der Waals surface area contributed by atoms with Crippen LogP contribution in [0.1, 0.15) is 22.4 Å². The molecule has 3 heterocycles. The number of alkyl halides is 3. The van der Waals surface area contributed by atoms with Crippen LogP contribution in [0, 0.1) is 30.9 Å². The van der Waals surface area contributed by atoms with Crippen molar-refractivity contribution >= 4 is 22.8 Å². The lowest BCUT2D eigenvalue weighted by atomic mass is 10.0. The third-order valence-electron chi connectivity index (χ3n) is 5.65. The molecule has 0 unspecified atom stereocenters. The minimum atomic E-state index is -4.78. The van der Waals surface area contributed by atoms with E-state index in [1.807, 2.05) is 0 Å². The van der Waals surface area contributed by atoms with Crippen LogP contribution in [0.5, 0.6) is 11.6 Å². The van der Waals surface area contributed by atoms with Gasteiger partial charge >= 0.3 is 6.18 Å². The van der Waals surface area contributed by atoms with Gasteiger partial charge in [0.15, 0.2) is 17.1 Å². The van der Waals surface area contributed by atoms with Gasteiger partial charge in [-0.05, 0) is 43.7 Å². The molecule has 190 valence electrons. The molecule has 0 amide bonds. The van der Waals surface area contributed by atoms with E-state index in [0.29, 0.717) is 6.20 Å². The molecule has 0 spiro atoms. The summed E-state index contributed by atoms with van der Waals surface area (Å²) in [6, 6.07) is 4.40. The van der Waals surface area contributed by atoms with Crippen molar-refractivity contribution in [1.82, 2.24) is 15.0 Å². The van der Waals surface area contributed by atoms with Gasteiger partial charge in [0.1, 0.15) is 5.75 Å². The lowest BCUT2D eigenvalue weighted by molar-refractivity contribution is -0.138. The monoisotopic (exact) mass is 515 g/mol. The SMILES string of the molecule is Cc1c(Oc2ncc(C(F)(F)F)c(C)c2-c2cc(=O)c3c(/C(N)=C/C=N)nccc3[nH]2)ccc(F)c1F. The zero-order valence-electron chi connectivity index (χ0n) is 19.3. The topological polar surface area (TPSA) is 118 Å². The van der Waals surface area contributed by atoms with E-state index < -0.39 is 28.8 Å². The number of fused-ring (bicyclic) bond motifs is 1. The molecule has 0 saturated heterocycles. The Labute approximate surface area is 206 Å². The fourth-order valence-corrected chi connectivity index (χ4v) is 3.83. The highest BCUT2D eigenvalue weighted by Crippen LogP contribution is 2.41. The Morgan fingerprint density at radius 3 is 2.54 bits per heavy atom. The summed E-state index contributed by atoms with van der Waals surface area (Å²) >= 11 is 0. The Bertz CT molecular complexity index is 1640. The van der Waals surface area contributed by atoms with Crippen LogP contribution in [0.15, 0.2) is 47.5 Å². The second kappa shape index (κ2) is 9.45. The largest absolute Gasteiger partial charge is 0.438 e. The number of nitrogens with two attached hydrogens (primary N) is 1. The number of aromatic nitrogens is 3. The minimum absolute atomic E-state index is 0.0357. The fraction of sp³-hybridized carbons (Fsp3) is 0.120. The number of allylic oxidation sites excluding steroid dienone is 1. The summed E-state index contributed by atoms with van der Waals surface area (Å²) in [6.07, 6.45) is -0.733. The Kier molecular flexibility index (Phi) is 6.51. The standard InChI is InChI=1S/C25H18F5N5O2/c1-11-13(25(28,29)30)10-34-24(37-19-4-3-14(26)22(27)12(19)2)20(11)17-9-18(36)21-16(35-17)6-8-33-23(21)15(32)5-7-31/h3-10,31H,32H2,1-2H3,(H,35,36)/b15-5-,31-7?. The predicted octanol–water partition coefficient (Wildman–Crippen LogP) is 5.64. The zero-order valence-corrected chi connectivity index (χ0v) is 19.3. The summed E-state index contributed by atoms with van der Waals surface area (Å²) in [5, 5.41) is 7.24. The van der Waals surface area contributed by atoms with Crippen molar-refractivity contribution in [2.24, 2.45) is 5.73 Å². The zero-order chi connectivity index (χ0) is 27.1. The number of rotatable bonds is 5. The van der Waals surface area contributed by atoms with E-state index in [1.54, 1.807) is 0 Å². The van der Waals surface area contributed by atoms with Gasteiger partial charge in [0.2, 0.25) is 5.88 Å². The molecule has 0 fully saturated rings. The van der Waals surface area contributed by atoms with Crippen molar-refractivity contribution in [3.63, 3.8) is 0 Å². The van der Waals surface area contributed by atoms with Crippen molar-refractivity contribution in [3.05, 3.63) is 87.0 Å². The Morgan fingerprint density at radius 2 is 1.86 bits per heavy atom. The molecule has 12 heteroatoms. The molecule has 4 aromatic rings.